The lowest BCUT2D eigenvalue weighted by Gasteiger charge is -2.28. The molecule has 1 aliphatic rings. The minimum absolute atomic E-state index is 0.0580. The van der Waals surface area contributed by atoms with E-state index in [2.05, 4.69) is 11.7 Å². The Balaban J connectivity index is 1.65. The summed E-state index contributed by atoms with van der Waals surface area (Å²) in [5.41, 5.74) is -0.716. The molecule has 8 heteroatoms. The summed E-state index contributed by atoms with van der Waals surface area (Å²) in [5.74, 6) is -2.10. The first-order chi connectivity index (χ1) is 15.5. The van der Waals surface area contributed by atoms with Crippen molar-refractivity contribution >= 4 is 0 Å². The Morgan fingerprint density at radius 3 is 1.79 bits per heavy atom. The smallest absolute Gasteiger partial charge is 0.222 e. The highest BCUT2D eigenvalue weighted by molar-refractivity contribution is 5.64. The summed E-state index contributed by atoms with van der Waals surface area (Å²) in [6.07, 6.45) is -1.49. The van der Waals surface area contributed by atoms with E-state index in [0.717, 1.165) is 24.3 Å². The topological polar surface area (TPSA) is 9.23 Å². The predicted octanol–water partition coefficient (Wildman–Crippen LogP) is 8.76. The maximum atomic E-state index is 14.2. The van der Waals surface area contributed by atoms with Gasteiger partial charge in [0.1, 0.15) is 17.2 Å². The van der Waals surface area contributed by atoms with E-state index in [4.69, 9.17) is 0 Å². The average Bonchev–Trinajstić information content (AvgIpc) is 2.71. The van der Waals surface area contributed by atoms with E-state index in [9.17, 15) is 30.7 Å². The lowest BCUT2D eigenvalue weighted by Crippen LogP contribution is -2.29. The number of ether oxygens (including phenoxy) is 1. The fourth-order valence-corrected chi connectivity index (χ4v) is 4.67. The van der Waals surface area contributed by atoms with Crippen LogP contribution < -0.4 is 0 Å². The Labute approximate surface area is 188 Å². The summed E-state index contributed by atoms with van der Waals surface area (Å²) in [7, 11) is 0. The number of hydrogen-bond acceptors (Lipinski definition) is 1. The SMILES string of the molecule is CCCC1CCC(CCc2ccc(-c3cc(F)c(C(F)(F)OC(F)(F)F)c(F)c3)cc2)CC1. The average molecular weight is 476 g/mol. The molecule has 1 fully saturated rings. The second kappa shape index (κ2) is 10.5. The zero-order valence-electron chi connectivity index (χ0n) is 18.3. The van der Waals surface area contributed by atoms with Gasteiger partial charge in [0.25, 0.3) is 0 Å². The highest BCUT2D eigenvalue weighted by Crippen LogP contribution is 2.40. The van der Waals surface area contributed by atoms with Gasteiger partial charge < -0.3 is 0 Å². The quantitative estimate of drug-likeness (QED) is 0.346. The van der Waals surface area contributed by atoms with Crippen LogP contribution in [0.1, 0.15) is 63.0 Å². The monoisotopic (exact) mass is 476 g/mol. The fourth-order valence-electron chi connectivity index (χ4n) is 4.67. The molecule has 1 aliphatic carbocycles. The molecule has 0 unspecified atom stereocenters. The summed E-state index contributed by atoms with van der Waals surface area (Å²) in [5, 5.41) is 0. The molecule has 1 saturated carbocycles. The molecule has 0 atom stereocenters. The van der Waals surface area contributed by atoms with E-state index in [1.165, 1.54) is 38.5 Å². The summed E-state index contributed by atoms with van der Waals surface area (Å²) in [4.78, 5) is 0. The standard InChI is InChI=1S/C25H27F7O/c1-2-3-16-4-6-17(7-5-16)8-9-18-10-12-19(13-11-18)20-14-21(26)23(22(27)15-20)24(28,29)33-25(30,31)32/h10-17H,2-9H2,1H3. The van der Waals surface area contributed by atoms with Crippen LogP contribution in [0.3, 0.4) is 0 Å². The van der Waals surface area contributed by atoms with E-state index in [0.29, 0.717) is 23.6 Å². The lowest BCUT2D eigenvalue weighted by atomic mass is 9.78. The van der Waals surface area contributed by atoms with Crippen molar-refractivity contribution in [3.63, 3.8) is 0 Å². The van der Waals surface area contributed by atoms with Crippen molar-refractivity contribution in [1.82, 2.24) is 0 Å². The van der Waals surface area contributed by atoms with Crippen molar-refractivity contribution < 1.29 is 35.5 Å². The van der Waals surface area contributed by atoms with Gasteiger partial charge >= 0.3 is 12.5 Å². The van der Waals surface area contributed by atoms with E-state index in [-0.39, 0.29) is 5.56 Å². The van der Waals surface area contributed by atoms with Gasteiger partial charge in [-0.15, -0.1) is 13.2 Å². The second-order valence-electron chi connectivity index (χ2n) is 8.79. The van der Waals surface area contributed by atoms with Gasteiger partial charge in [-0.1, -0.05) is 69.7 Å². The molecule has 0 N–H and O–H groups in total. The van der Waals surface area contributed by atoms with Crippen LogP contribution in [0.15, 0.2) is 36.4 Å². The second-order valence-corrected chi connectivity index (χ2v) is 8.79. The minimum atomic E-state index is -5.76. The van der Waals surface area contributed by atoms with Gasteiger partial charge in [0.15, 0.2) is 0 Å². The summed E-state index contributed by atoms with van der Waals surface area (Å²) >= 11 is 0. The van der Waals surface area contributed by atoms with Crippen LogP contribution in [0.25, 0.3) is 11.1 Å². The Kier molecular flexibility index (Phi) is 8.08. The number of rotatable bonds is 8. The third-order valence-corrected chi connectivity index (χ3v) is 6.37. The first-order valence-electron chi connectivity index (χ1n) is 11.2. The maximum Gasteiger partial charge on any atom is 0.527 e. The molecule has 2 aromatic rings. The molecule has 1 nitrogen and oxygen atoms in total. The van der Waals surface area contributed by atoms with E-state index in [1.54, 1.807) is 12.1 Å². The van der Waals surface area contributed by atoms with Gasteiger partial charge in [-0.2, -0.15) is 8.78 Å². The van der Waals surface area contributed by atoms with Crippen molar-refractivity contribution in [2.75, 3.05) is 0 Å². The minimum Gasteiger partial charge on any atom is -0.222 e. The molecule has 0 saturated heterocycles. The molecular formula is C25H27F7O. The molecule has 0 heterocycles. The van der Waals surface area contributed by atoms with Crippen LogP contribution in [0, 0.1) is 23.5 Å². The Hall–Kier alpha value is -2.09. The van der Waals surface area contributed by atoms with Crippen LogP contribution in [-0.4, -0.2) is 6.36 Å². The molecule has 33 heavy (non-hydrogen) atoms. The summed E-state index contributed by atoms with van der Waals surface area (Å²) in [6, 6.07) is 8.01. The first kappa shape index (κ1) is 25.5. The zero-order valence-corrected chi connectivity index (χ0v) is 18.3. The third kappa shape index (κ3) is 6.95. The number of halogens is 7. The van der Waals surface area contributed by atoms with Crippen LogP contribution >= 0.6 is 0 Å². The van der Waals surface area contributed by atoms with Crippen LogP contribution in [0.2, 0.25) is 0 Å². The van der Waals surface area contributed by atoms with Gasteiger partial charge in [-0.3, -0.25) is 0 Å². The molecule has 182 valence electrons. The predicted molar refractivity (Wildman–Crippen MR) is 112 cm³/mol. The highest BCUT2D eigenvalue weighted by Gasteiger charge is 2.49. The van der Waals surface area contributed by atoms with Crippen molar-refractivity contribution in [3.05, 3.63) is 59.2 Å². The van der Waals surface area contributed by atoms with Crippen molar-refractivity contribution in [2.45, 2.75) is 70.8 Å². The zero-order chi connectivity index (χ0) is 24.2. The van der Waals surface area contributed by atoms with Crippen molar-refractivity contribution in [1.29, 1.82) is 0 Å². The molecule has 0 amide bonds. The van der Waals surface area contributed by atoms with Crippen LogP contribution in [0.4, 0.5) is 30.7 Å². The molecule has 0 bridgehead atoms. The van der Waals surface area contributed by atoms with Gasteiger partial charge in [0.05, 0.1) is 0 Å². The van der Waals surface area contributed by atoms with Gasteiger partial charge in [-0.05, 0) is 53.5 Å². The number of aryl methyl sites for hydroxylation is 1. The van der Waals surface area contributed by atoms with Gasteiger partial charge in [0.2, 0.25) is 0 Å². The molecule has 0 aliphatic heterocycles. The number of alkyl halides is 5. The largest absolute Gasteiger partial charge is 0.527 e. The highest BCUT2D eigenvalue weighted by atomic mass is 19.4. The van der Waals surface area contributed by atoms with Crippen LogP contribution in [0.5, 0.6) is 0 Å². The molecule has 0 radical (unpaired) electrons. The number of hydrogen-bond donors (Lipinski definition) is 0. The van der Waals surface area contributed by atoms with E-state index in [1.807, 2.05) is 12.1 Å². The molecular weight excluding hydrogens is 449 g/mol. The van der Waals surface area contributed by atoms with Crippen molar-refractivity contribution in [2.24, 2.45) is 11.8 Å². The molecule has 3 rings (SSSR count). The summed E-state index contributed by atoms with van der Waals surface area (Å²) < 4.78 is 94.7. The van der Waals surface area contributed by atoms with Gasteiger partial charge in [-0.25, -0.2) is 13.5 Å². The molecule has 0 aromatic heterocycles. The Bertz CT molecular complexity index is 890. The maximum absolute atomic E-state index is 14.2. The first-order valence-corrected chi connectivity index (χ1v) is 11.2. The summed E-state index contributed by atoms with van der Waals surface area (Å²) in [6.45, 7) is 2.21. The Morgan fingerprint density at radius 2 is 1.30 bits per heavy atom. The lowest BCUT2D eigenvalue weighted by molar-refractivity contribution is -0.432. The number of benzene rings is 2. The van der Waals surface area contributed by atoms with Crippen LogP contribution in [-0.2, 0) is 17.3 Å². The van der Waals surface area contributed by atoms with Gasteiger partial charge in [0, 0.05) is 0 Å². The third-order valence-electron chi connectivity index (χ3n) is 6.37. The molecule has 2 aromatic carbocycles. The van der Waals surface area contributed by atoms with E-state index >= 15 is 0 Å². The van der Waals surface area contributed by atoms with Crippen molar-refractivity contribution in [3.8, 4) is 11.1 Å². The van der Waals surface area contributed by atoms with E-state index < -0.39 is 29.7 Å². The fraction of sp³-hybridized carbons (Fsp3) is 0.520. The normalized spacial score (nSPS) is 19.6. The molecule has 0 spiro atoms. The Morgan fingerprint density at radius 1 is 0.788 bits per heavy atom.